The second-order valence-corrected chi connectivity index (χ2v) is 14.8. The molecule has 1 spiro atoms. The first-order valence-electron chi connectivity index (χ1n) is 19.2. The lowest BCUT2D eigenvalue weighted by molar-refractivity contribution is 0.775. The van der Waals surface area contributed by atoms with E-state index in [1.165, 1.54) is 61.2 Å². The molecule has 0 amide bonds. The highest BCUT2D eigenvalue weighted by atomic mass is 14.9. The minimum Gasteiger partial charge on any atom is -0.264 e. The number of benzene rings is 7. The molecule has 0 N–H and O–H groups in total. The molecule has 0 atom stereocenters. The van der Waals surface area contributed by atoms with E-state index in [1.54, 1.807) is 6.20 Å². The van der Waals surface area contributed by atoms with Gasteiger partial charge in [-0.3, -0.25) is 4.98 Å². The average Bonchev–Trinajstić information content (AvgIpc) is 3.52. The number of aromatic nitrogens is 3. The van der Waals surface area contributed by atoms with Gasteiger partial charge >= 0.3 is 0 Å². The van der Waals surface area contributed by atoms with Crippen molar-refractivity contribution in [3.05, 3.63) is 222 Å². The molecule has 9 aromatic rings. The highest BCUT2D eigenvalue weighted by Crippen LogP contribution is 2.61. The van der Waals surface area contributed by atoms with E-state index in [-0.39, 0.29) is 0 Å². The number of pyridine rings is 1. The van der Waals surface area contributed by atoms with Gasteiger partial charge < -0.3 is 0 Å². The fourth-order valence-electron chi connectivity index (χ4n) is 9.15. The van der Waals surface area contributed by atoms with Crippen LogP contribution in [0.1, 0.15) is 27.8 Å². The van der Waals surface area contributed by atoms with Crippen LogP contribution in [0, 0.1) is 6.92 Å². The van der Waals surface area contributed by atoms with Crippen molar-refractivity contribution in [2.75, 3.05) is 0 Å². The van der Waals surface area contributed by atoms with Crippen molar-refractivity contribution >= 4 is 0 Å². The van der Waals surface area contributed by atoms with Crippen molar-refractivity contribution in [1.82, 2.24) is 15.0 Å². The molecule has 2 aliphatic rings. The van der Waals surface area contributed by atoms with Gasteiger partial charge in [-0.2, -0.15) is 0 Å². The van der Waals surface area contributed by atoms with Crippen molar-refractivity contribution in [3.63, 3.8) is 0 Å². The van der Waals surface area contributed by atoms with Gasteiger partial charge in [0.05, 0.1) is 16.8 Å². The topological polar surface area (TPSA) is 38.7 Å². The average molecular weight is 714 g/mol. The molecule has 0 aliphatic heterocycles. The molecule has 262 valence electrons. The number of aryl methyl sites for hydroxylation is 1. The standard InChI is InChI=1S/C53H35N3/c1-34-20-22-36(23-21-34)50-32-51(37-26-24-35(25-27-37)39-11-10-30-54-33-39)56-52(55-50)38-28-29-45-41-13-3-2-12-40(41)42-14-4-7-17-46(42)53(49(45)31-38)47-18-8-5-15-43(47)44-16-6-9-19-48(44)53/h2-33H,1H3. The molecule has 7 aromatic carbocycles. The van der Waals surface area contributed by atoms with E-state index in [1.807, 2.05) is 12.3 Å². The molecule has 0 saturated carbocycles. The fourth-order valence-corrected chi connectivity index (χ4v) is 9.15. The Morgan fingerprint density at radius 1 is 0.357 bits per heavy atom. The highest BCUT2D eigenvalue weighted by Gasteiger charge is 2.49. The minimum absolute atomic E-state index is 0.576. The van der Waals surface area contributed by atoms with Crippen LogP contribution in [0.3, 0.4) is 0 Å². The van der Waals surface area contributed by atoms with Gasteiger partial charge in [0, 0.05) is 29.1 Å². The van der Waals surface area contributed by atoms with Crippen LogP contribution in [-0.2, 0) is 5.41 Å². The minimum atomic E-state index is -0.576. The SMILES string of the molecule is Cc1ccc(-c2cc(-c3ccc(-c4cccnc4)cc3)nc(-c3ccc4c(c3)C3(c5ccccc5-c5ccccc5-4)c4ccccc4-c4ccccc43)n2)cc1. The number of fused-ring (bicyclic) bond motifs is 12. The first-order chi connectivity index (χ1) is 27.7. The first kappa shape index (κ1) is 32.2. The summed E-state index contributed by atoms with van der Waals surface area (Å²) in [6.07, 6.45) is 3.70. The van der Waals surface area contributed by atoms with Crippen LogP contribution in [0.4, 0.5) is 0 Å². The van der Waals surface area contributed by atoms with Crippen molar-refractivity contribution in [3.8, 4) is 78.4 Å². The monoisotopic (exact) mass is 713 g/mol. The predicted molar refractivity (Wildman–Crippen MR) is 228 cm³/mol. The number of hydrogen-bond donors (Lipinski definition) is 0. The summed E-state index contributed by atoms with van der Waals surface area (Å²) in [5, 5.41) is 0. The Balaban J connectivity index is 1.18. The lowest BCUT2D eigenvalue weighted by atomic mass is 9.65. The van der Waals surface area contributed by atoms with Gasteiger partial charge in [0.25, 0.3) is 0 Å². The molecule has 0 fully saturated rings. The van der Waals surface area contributed by atoms with E-state index in [4.69, 9.17) is 9.97 Å². The Bertz CT molecular complexity index is 2920. The van der Waals surface area contributed by atoms with E-state index < -0.39 is 5.41 Å². The second kappa shape index (κ2) is 12.7. The van der Waals surface area contributed by atoms with Crippen molar-refractivity contribution in [2.24, 2.45) is 0 Å². The molecular formula is C53H35N3. The molecular weight excluding hydrogens is 679 g/mol. The molecule has 3 nitrogen and oxygen atoms in total. The van der Waals surface area contributed by atoms with E-state index in [2.05, 4.69) is 188 Å². The summed E-state index contributed by atoms with van der Waals surface area (Å²) in [6, 6.07) is 66.1. The molecule has 2 aliphatic carbocycles. The maximum Gasteiger partial charge on any atom is 0.160 e. The second-order valence-electron chi connectivity index (χ2n) is 14.8. The van der Waals surface area contributed by atoms with Gasteiger partial charge in [-0.25, -0.2) is 9.97 Å². The molecule has 2 heterocycles. The number of nitrogens with zero attached hydrogens (tertiary/aromatic N) is 3. The Morgan fingerprint density at radius 2 is 0.821 bits per heavy atom. The van der Waals surface area contributed by atoms with Crippen molar-refractivity contribution < 1.29 is 0 Å². The van der Waals surface area contributed by atoms with Crippen LogP contribution in [0.5, 0.6) is 0 Å². The molecule has 0 saturated heterocycles. The Labute approximate surface area is 326 Å². The highest BCUT2D eigenvalue weighted by molar-refractivity contribution is 5.97. The largest absolute Gasteiger partial charge is 0.264 e. The third-order valence-corrected chi connectivity index (χ3v) is 11.7. The molecule has 56 heavy (non-hydrogen) atoms. The quantitative estimate of drug-likeness (QED) is 0.182. The van der Waals surface area contributed by atoms with E-state index in [9.17, 15) is 0 Å². The van der Waals surface area contributed by atoms with Crippen molar-refractivity contribution in [1.29, 1.82) is 0 Å². The van der Waals surface area contributed by atoms with Crippen LogP contribution in [0.25, 0.3) is 78.4 Å². The molecule has 3 heteroatoms. The van der Waals surface area contributed by atoms with Crippen molar-refractivity contribution in [2.45, 2.75) is 12.3 Å². The summed E-state index contributed by atoms with van der Waals surface area (Å²) < 4.78 is 0. The zero-order chi connectivity index (χ0) is 37.2. The Morgan fingerprint density at radius 3 is 1.38 bits per heavy atom. The normalized spacial score (nSPS) is 12.9. The van der Waals surface area contributed by atoms with Crippen LogP contribution in [0.15, 0.2) is 194 Å². The van der Waals surface area contributed by atoms with Gasteiger partial charge in [-0.05, 0) is 91.9 Å². The van der Waals surface area contributed by atoms with E-state index in [0.29, 0.717) is 5.82 Å². The van der Waals surface area contributed by atoms with Crippen LogP contribution in [-0.4, -0.2) is 15.0 Å². The Hall–Kier alpha value is -7.23. The third-order valence-electron chi connectivity index (χ3n) is 11.7. The van der Waals surface area contributed by atoms with Gasteiger partial charge in [-0.1, -0.05) is 169 Å². The summed E-state index contributed by atoms with van der Waals surface area (Å²) in [5.74, 6) is 0.692. The lowest BCUT2D eigenvalue weighted by Crippen LogP contribution is -2.29. The smallest absolute Gasteiger partial charge is 0.160 e. The van der Waals surface area contributed by atoms with Crippen LogP contribution in [0.2, 0.25) is 0 Å². The first-order valence-corrected chi connectivity index (χ1v) is 19.2. The van der Waals surface area contributed by atoms with E-state index >= 15 is 0 Å². The number of hydrogen-bond acceptors (Lipinski definition) is 3. The summed E-state index contributed by atoms with van der Waals surface area (Å²) in [6.45, 7) is 2.12. The van der Waals surface area contributed by atoms with E-state index in [0.717, 1.165) is 39.2 Å². The Kier molecular flexibility index (Phi) is 7.30. The molecule has 11 rings (SSSR count). The summed E-state index contributed by atoms with van der Waals surface area (Å²) in [4.78, 5) is 15.0. The summed E-state index contributed by atoms with van der Waals surface area (Å²) in [5.41, 5.74) is 20.2. The summed E-state index contributed by atoms with van der Waals surface area (Å²) >= 11 is 0. The molecule has 0 radical (unpaired) electrons. The van der Waals surface area contributed by atoms with Gasteiger partial charge in [0.1, 0.15) is 0 Å². The van der Waals surface area contributed by atoms with Crippen LogP contribution < -0.4 is 0 Å². The lowest BCUT2D eigenvalue weighted by Gasteiger charge is -2.35. The van der Waals surface area contributed by atoms with Gasteiger partial charge in [-0.15, -0.1) is 0 Å². The number of rotatable bonds is 4. The third kappa shape index (κ3) is 4.87. The fraction of sp³-hybridized carbons (Fsp3) is 0.0377. The van der Waals surface area contributed by atoms with Gasteiger partial charge in [0.2, 0.25) is 0 Å². The zero-order valence-electron chi connectivity index (χ0n) is 30.8. The van der Waals surface area contributed by atoms with Gasteiger partial charge in [0.15, 0.2) is 5.82 Å². The summed E-state index contributed by atoms with van der Waals surface area (Å²) in [7, 11) is 0. The van der Waals surface area contributed by atoms with Crippen LogP contribution >= 0.6 is 0 Å². The maximum atomic E-state index is 5.36. The predicted octanol–water partition coefficient (Wildman–Crippen LogP) is 12.9. The molecule has 0 bridgehead atoms. The molecule has 0 unspecified atom stereocenters. The maximum absolute atomic E-state index is 5.36. The molecule has 2 aromatic heterocycles. The zero-order valence-corrected chi connectivity index (χ0v) is 30.8.